The molecule has 1 N–H and O–H groups in total. The van der Waals surface area contributed by atoms with Crippen LogP contribution in [0.5, 0.6) is 11.5 Å². The third-order valence-electron chi connectivity index (χ3n) is 4.55. The van der Waals surface area contributed by atoms with Crippen LogP contribution in [0.4, 0.5) is 4.39 Å². The van der Waals surface area contributed by atoms with Gasteiger partial charge in [0.05, 0.1) is 18.9 Å². The van der Waals surface area contributed by atoms with Crippen molar-refractivity contribution >= 4 is 29.3 Å². The van der Waals surface area contributed by atoms with Crippen LogP contribution in [-0.2, 0) is 10.5 Å². The maximum absolute atomic E-state index is 13.8. The van der Waals surface area contributed by atoms with E-state index in [0.717, 1.165) is 11.3 Å². The largest absolute Gasteiger partial charge is 0.497 e. The molecule has 150 valence electrons. The van der Waals surface area contributed by atoms with Gasteiger partial charge in [0.2, 0.25) is 5.91 Å². The van der Waals surface area contributed by atoms with E-state index >= 15 is 0 Å². The van der Waals surface area contributed by atoms with E-state index < -0.39 is 5.60 Å². The Kier molecular flexibility index (Phi) is 6.40. The van der Waals surface area contributed by atoms with Gasteiger partial charge in [-0.3, -0.25) is 4.79 Å². The Morgan fingerprint density at radius 3 is 2.89 bits per heavy atom. The number of benzene rings is 2. The summed E-state index contributed by atoms with van der Waals surface area (Å²) in [4.78, 5) is 12.5. The van der Waals surface area contributed by atoms with E-state index in [2.05, 4.69) is 5.32 Å². The van der Waals surface area contributed by atoms with Gasteiger partial charge in [-0.15, -0.1) is 11.8 Å². The van der Waals surface area contributed by atoms with Crippen LogP contribution in [0, 0.1) is 5.82 Å². The van der Waals surface area contributed by atoms with E-state index in [1.165, 1.54) is 17.8 Å². The van der Waals surface area contributed by atoms with E-state index in [0.29, 0.717) is 28.5 Å². The van der Waals surface area contributed by atoms with Crippen LogP contribution >= 0.6 is 23.4 Å². The molecule has 1 aliphatic rings. The number of hydrogen-bond donors (Lipinski definition) is 1. The molecule has 0 aromatic heterocycles. The summed E-state index contributed by atoms with van der Waals surface area (Å²) in [5, 5.41) is 3.45. The summed E-state index contributed by atoms with van der Waals surface area (Å²) in [5.41, 5.74) is 0.923. The van der Waals surface area contributed by atoms with Crippen LogP contribution in [0.2, 0.25) is 5.02 Å². The lowest BCUT2D eigenvalue weighted by Gasteiger charge is -2.38. The number of amides is 1. The summed E-state index contributed by atoms with van der Waals surface area (Å²) in [7, 11) is 1.60. The molecule has 0 saturated heterocycles. The van der Waals surface area contributed by atoms with Gasteiger partial charge >= 0.3 is 0 Å². The zero-order valence-corrected chi connectivity index (χ0v) is 17.6. The van der Waals surface area contributed by atoms with Crippen molar-refractivity contribution in [2.45, 2.75) is 37.7 Å². The summed E-state index contributed by atoms with van der Waals surface area (Å²) < 4.78 is 25.2. The van der Waals surface area contributed by atoms with E-state index in [4.69, 9.17) is 21.1 Å². The van der Waals surface area contributed by atoms with Gasteiger partial charge in [-0.25, -0.2) is 4.39 Å². The Labute approximate surface area is 173 Å². The molecule has 3 rings (SSSR count). The second kappa shape index (κ2) is 8.62. The standard InChI is InChI=1S/C21H23ClFNO3S/c1-21(2)10-18(14-9-13(26-3)7-8-19(14)27-21)24-20(25)12-28-11-15-16(22)5-4-6-17(15)23/h4-9,18H,10-12H2,1-3H3,(H,24,25)/t18-/m0/s1. The first-order valence-electron chi connectivity index (χ1n) is 8.96. The van der Waals surface area contributed by atoms with Crippen LogP contribution in [0.25, 0.3) is 0 Å². The number of carbonyl (C=O) groups excluding carboxylic acids is 1. The highest BCUT2D eigenvalue weighted by Crippen LogP contribution is 2.41. The minimum absolute atomic E-state index is 0.117. The Hall–Kier alpha value is -1.92. The molecule has 1 atom stereocenters. The van der Waals surface area contributed by atoms with E-state index in [9.17, 15) is 9.18 Å². The first-order chi connectivity index (χ1) is 13.3. The van der Waals surface area contributed by atoms with Crippen molar-refractivity contribution in [3.63, 3.8) is 0 Å². The summed E-state index contributed by atoms with van der Waals surface area (Å²) in [5.74, 6) is 1.53. The normalized spacial score (nSPS) is 17.4. The number of hydrogen-bond acceptors (Lipinski definition) is 4. The van der Waals surface area contributed by atoms with E-state index in [-0.39, 0.29) is 23.5 Å². The zero-order chi connectivity index (χ0) is 20.3. The van der Waals surface area contributed by atoms with Crippen LogP contribution in [0.15, 0.2) is 36.4 Å². The first kappa shape index (κ1) is 20.8. The predicted molar refractivity (Wildman–Crippen MR) is 111 cm³/mol. The van der Waals surface area contributed by atoms with Gasteiger partial charge in [-0.2, -0.15) is 0 Å². The zero-order valence-electron chi connectivity index (χ0n) is 16.1. The minimum atomic E-state index is -0.395. The molecule has 1 aliphatic heterocycles. The number of methoxy groups -OCH3 is 1. The van der Waals surface area contributed by atoms with Crippen molar-refractivity contribution in [1.82, 2.24) is 5.32 Å². The number of nitrogens with one attached hydrogen (secondary N) is 1. The molecule has 0 radical (unpaired) electrons. The summed E-state index contributed by atoms with van der Waals surface area (Å²) in [6.07, 6.45) is 0.642. The number of halogens is 2. The molecular formula is C21H23ClFNO3S. The van der Waals surface area contributed by atoms with Gasteiger partial charge in [0.1, 0.15) is 22.9 Å². The highest BCUT2D eigenvalue weighted by Gasteiger charge is 2.34. The van der Waals surface area contributed by atoms with E-state index in [1.54, 1.807) is 19.2 Å². The third kappa shape index (κ3) is 4.92. The quantitative estimate of drug-likeness (QED) is 0.698. The van der Waals surface area contributed by atoms with E-state index in [1.807, 2.05) is 32.0 Å². The van der Waals surface area contributed by atoms with Crippen molar-refractivity contribution in [1.29, 1.82) is 0 Å². The molecule has 28 heavy (non-hydrogen) atoms. The number of rotatable bonds is 6. The Balaban J connectivity index is 1.65. The predicted octanol–water partition coefficient (Wildman–Crippen LogP) is 5.14. The average Bonchev–Trinajstić information content (AvgIpc) is 2.63. The van der Waals surface area contributed by atoms with Crippen LogP contribution < -0.4 is 14.8 Å². The minimum Gasteiger partial charge on any atom is -0.497 e. The molecule has 7 heteroatoms. The molecule has 0 aliphatic carbocycles. The van der Waals surface area contributed by atoms with Gasteiger partial charge < -0.3 is 14.8 Å². The summed E-state index contributed by atoms with van der Waals surface area (Å²) >= 11 is 7.36. The second-order valence-corrected chi connectivity index (χ2v) is 8.68. The van der Waals surface area contributed by atoms with Gasteiger partial charge in [-0.1, -0.05) is 17.7 Å². The number of carbonyl (C=O) groups is 1. The molecule has 0 saturated carbocycles. The lowest BCUT2D eigenvalue weighted by molar-refractivity contribution is -0.119. The highest BCUT2D eigenvalue weighted by molar-refractivity contribution is 7.99. The van der Waals surface area contributed by atoms with Gasteiger partial charge in [0.15, 0.2) is 0 Å². The molecule has 2 aromatic rings. The molecule has 1 heterocycles. The topological polar surface area (TPSA) is 47.6 Å². The second-order valence-electron chi connectivity index (χ2n) is 7.28. The van der Waals surface area contributed by atoms with Crippen molar-refractivity contribution in [2.24, 2.45) is 0 Å². The van der Waals surface area contributed by atoms with Gasteiger partial charge in [0, 0.05) is 28.3 Å². The van der Waals surface area contributed by atoms with Crippen molar-refractivity contribution in [2.75, 3.05) is 12.9 Å². The van der Waals surface area contributed by atoms with Gasteiger partial charge in [-0.05, 0) is 44.2 Å². The fourth-order valence-corrected chi connectivity index (χ4v) is 4.42. The SMILES string of the molecule is COc1ccc2c(c1)[C@@H](NC(=O)CSCc1c(F)cccc1Cl)CC(C)(C)O2. The molecule has 1 amide bonds. The van der Waals surface area contributed by atoms with Gasteiger partial charge in [0.25, 0.3) is 0 Å². The molecule has 0 fully saturated rings. The molecule has 0 unspecified atom stereocenters. The maximum Gasteiger partial charge on any atom is 0.230 e. The first-order valence-corrected chi connectivity index (χ1v) is 10.5. The fraction of sp³-hybridized carbons (Fsp3) is 0.381. The van der Waals surface area contributed by atoms with Crippen molar-refractivity contribution < 1.29 is 18.7 Å². The van der Waals surface area contributed by atoms with Crippen LogP contribution in [0.1, 0.15) is 37.4 Å². The van der Waals surface area contributed by atoms with Crippen molar-refractivity contribution in [3.05, 3.63) is 58.4 Å². The fourth-order valence-electron chi connectivity index (χ4n) is 3.24. The third-order valence-corrected chi connectivity index (χ3v) is 5.86. The summed E-state index contributed by atoms with van der Waals surface area (Å²) in [6, 6.07) is 10.00. The smallest absolute Gasteiger partial charge is 0.230 e. The monoisotopic (exact) mass is 423 g/mol. The molecule has 0 spiro atoms. The maximum atomic E-state index is 13.8. The number of ether oxygens (including phenoxy) is 2. The van der Waals surface area contributed by atoms with Crippen molar-refractivity contribution in [3.8, 4) is 11.5 Å². The molecule has 2 aromatic carbocycles. The Morgan fingerprint density at radius 1 is 1.39 bits per heavy atom. The Morgan fingerprint density at radius 2 is 2.18 bits per heavy atom. The molecular weight excluding hydrogens is 401 g/mol. The van der Waals surface area contributed by atoms with Crippen LogP contribution in [-0.4, -0.2) is 24.4 Å². The number of thioether (sulfide) groups is 1. The number of fused-ring (bicyclic) bond motifs is 1. The summed E-state index contributed by atoms with van der Waals surface area (Å²) in [6.45, 7) is 3.99. The lowest BCUT2D eigenvalue weighted by atomic mass is 9.89. The van der Waals surface area contributed by atoms with Crippen LogP contribution in [0.3, 0.4) is 0 Å². The Bertz CT molecular complexity index is 854. The lowest BCUT2D eigenvalue weighted by Crippen LogP contribution is -2.41. The average molecular weight is 424 g/mol. The highest BCUT2D eigenvalue weighted by atomic mass is 35.5. The molecule has 0 bridgehead atoms. The molecule has 4 nitrogen and oxygen atoms in total.